The molecule has 1 N–H and O–H groups in total. The van der Waals surface area contributed by atoms with Crippen LogP contribution in [0.3, 0.4) is 0 Å². The lowest BCUT2D eigenvalue weighted by atomic mass is 10.1. The number of hydrogen-bond donors (Lipinski definition) is 1. The SMILES string of the molecule is CNCC1C2CCCCCC21. The first kappa shape index (κ1) is 7.60. The summed E-state index contributed by atoms with van der Waals surface area (Å²) in [6.07, 6.45) is 7.55. The summed E-state index contributed by atoms with van der Waals surface area (Å²) >= 11 is 0. The van der Waals surface area contributed by atoms with Crippen molar-refractivity contribution in [2.24, 2.45) is 17.8 Å². The van der Waals surface area contributed by atoms with Crippen LogP contribution < -0.4 is 5.32 Å². The topological polar surface area (TPSA) is 12.0 Å². The molecule has 2 rings (SSSR count). The van der Waals surface area contributed by atoms with Crippen LogP contribution in [0.15, 0.2) is 0 Å². The average Bonchev–Trinajstić information content (AvgIpc) is 2.68. The Morgan fingerprint density at radius 3 is 2.27 bits per heavy atom. The van der Waals surface area contributed by atoms with Gasteiger partial charge in [-0.25, -0.2) is 0 Å². The van der Waals surface area contributed by atoms with Gasteiger partial charge in [0.25, 0.3) is 0 Å². The highest BCUT2D eigenvalue weighted by atomic mass is 14.8. The molecule has 0 amide bonds. The smallest absolute Gasteiger partial charge is 0.00180 e. The molecule has 0 aromatic rings. The highest BCUT2D eigenvalue weighted by molar-refractivity contribution is 4.98. The second-order valence-corrected chi connectivity index (χ2v) is 4.19. The number of nitrogens with one attached hydrogen (secondary N) is 1. The Labute approximate surface area is 69.6 Å². The predicted octanol–water partition coefficient (Wildman–Crippen LogP) is 2.03. The fourth-order valence-corrected chi connectivity index (χ4v) is 2.86. The molecule has 2 aliphatic carbocycles. The molecule has 0 aliphatic heterocycles. The van der Waals surface area contributed by atoms with Crippen molar-refractivity contribution < 1.29 is 0 Å². The van der Waals surface area contributed by atoms with Crippen LogP contribution in [0.1, 0.15) is 32.1 Å². The summed E-state index contributed by atoms with van der Waals surface area (Å²) < 4.78 is 0. The maximum atomic E-state index is 3.31. The quantitative estimate of drug-likeness (QED) is 0.640. The lowest BCUT2D eigenvalue weighted by molar-refractivity contribution is 0.550. The molecule has 1 nitrogen and oxygen atoms in total. The molecular formula is C10H19N. The summed E-state index contributed by atoms with van der Waals surface area (Å²) in [7, 11) is 2.08. The molecular weight excluding hydrogens is 134 g/mol. The predicted molar refractivity (Wildman–Crippen MR) is 47.5 cm³/mol. The molecule has 64 valence electrons. The molecule has 2 aliphatic rings. The third-order valence-corrected chi connectivity index (χ3v) is 3.52. The molecule has 2 atom stereocenters. The van der Waals surface area contributed by atoms with Gasteiger partial charge in [0.2, 0.25) is 0 Å². The average molecular weight is 153 g/mol. The Morgan fingerprint density at radius 1 is 1.09 bits per heavy atom. The van der Waals surface area contributed by atoms with Crippen molar-refractivity contribution in [3.8, 4) is 0 Å². The van der Waals surface area contributed by atoms with E-state index >= 15 is 0 Å². The van der Waals surface area contributed by atoms with Crippen molar-refractivity contribution >= 4 is 0 Å². The minimum Gasteiger partial charge on any atom is -0.319 e. The lowest BCUT2D eigenvalue weighted by Crippen LogP contribution is -2.11. The van der Waals surface area contributed by atoms with Crippen LogP contribution in [0.2, 0.25) is 0 Å². The summed E-state index contributed by atoms with van der Waals surface area (Å²) in [5.41, 5.74) is 0. The van der Waals surface area contributed by atoms with E-state index in [1.807, 2.05) is 0 Å². The molecule has 0 radical (unpaired) electrons. The van der Waals surface area contributed by atoms with Gasteiger partial charge in [0, 0.05) is 0 Å². The minimum absolute atomic E-state index is 1.06. The number of fused-ring (bicyclic) bond motifs is 1. The molecule has 0 bridgehead atoms. The van der Waals surface area contributed by atoms with E-state index in [1.54, 1.807) is 0 Å². The van der Waals surface area contributed by atoms with Crippen molar-refractivity contribution in [3.05, 3.63) is 0 Å². The van der Waals surface area contributed by atoms with E-state index in [9.17, 15) is 0 Å². The van der Waals surface area contributed by atoms with Crippen LogP contribution in [0.5, 0.6) is 0 Å². The molecule has 2 fully saturated rings. The van der Waals surface area contributed by atoms with Crippen LogP contribution in [-0.2, 0) is 0 Å². The molecule has 1 heteroatoms. The summed E-state index contributed by atoms with van der Waals surface area (Å²) in [6.45, 7) is 1.27. The van der Waals surface area contributed by atoms with Gasteiger partial charge in [-0.3, -0.25) is 0 Å². The van der Waals surface area contributed by atoms with E-state index in [-0.39, 0.29) is 0 Å². The highest BCUT2D eigenvalue weighted by Gasteiger charge is 2.48. The van der Waals surface area contributed by atoms with Crippen molar-refractivity contribution in [1.29, 1.82) is 0 Å². The normalized spacial score (nSPS) is 42.8. The first-order valence-corrected chi connectivity index (χ1v) is 5.08. The Balaban J connectivity index is 1.82. The standard InChI is InChI=1S/C10H19N/c1-11-7-10-8-5-3-2-4-6-9(8)10/h8-11H,2-7H2,1H3. The van der Waals surface area contributed by atoms with Crippen LogP contribution in [-0.4, -0.2) is 13.6 Å². The molecule has 0 aromatic heterocycles. The van der Waals surface area contributed by atoms with Gasteiger partial charge in [0.1, 0.15) is 0 Å². The first-order chi connectivity index (χ1) is 5.43. The molecule has 2 unspecified atom stereocenters. The van der Waals surface area contributed by atoms with E-state index in [2.05, 4.69) is 12.4 Å². The van der Waals surface area contributed by atoms with Gasteiger partial charge in [-0.1, -0.05) is 19.3 Å². The molecule has 0 aromatic carbocycles. The van der Waals surface area contributed by atoms with Crippen molar-refractivity contribution in [2.75, 3.05) is 13.6 Å². The van der Waals surface area contributed by atoms with Gasteiger partial charge >= 0.3 is 0 Å². The largest absolute Gasteiger partial charge is 0.319 e. The zero-order valence-corrected chi connectivity index (χ0v) is 7.47. The Kier molecular flexibility index (Phi) is 2.17. The van der Waals surface area contributed by atoms with Crippen molar-refractivity contribution in [2.45, 2.75) is 32.1 Å². The van der Waals surface area contributed by atoms with Gasteiger partial charge in [0.05, 0.1) is 0 Å². The highest BCUT2D eigenvalue weighted by Crippen LogP contribution is 2.53. The van der Waals surface area contributed by atoms with Crippen molar-refractivity contribution in [3.63, 3.8) is 0 Å². The monoisotopic (exact) mass is 153 g/mol. The maximum absolute atomic E-state index is 3.31. The minimum atomic E-state index is 1.06. The number of hydrogen-bond acceptors (Lipinski definition) is 1. The maximum Gasteiger partial charge on any atom is -0.00180 e. The van der Waals surface area contributed by atoms with Gasteiger partial charge < -0.3 is 5.32 Å². The third-order valence-electron chi connectivity index (χ3n) is 3.52. The summed E-state index contributed by atoms with van der Waals surface area (Å²) in [6, 6.07) is 0. The summed E-state index contributed by atoms with van der Waals surface area (Å²) in [4.78, 5) is 0. The fourth-order valence-electron chi connectivity index (χ4n) is 2.86. The second-order valence-electron chi connectivity index (χ2n) is 4.19. The fraction of sp³-hybridized carbons (Fsp3) is 1.00. The van der Waals surface area contributed by atoms with Crippen molar-refractivity contribution in [1.82, 2.24) is 5.32 Å². The third kappa shape index (κ3) is 1.44. The Bertz CT molecular complexity index is 114. The summed E-state index contributed by atoms with van der Waals surface area (Å²) in [5, 5.41) is 3.31. The van der Waals surface area contributed by atoms with Gasteiger partial charge in [-0.2, -0.15) is 0 Å². The second kappa shape index (κ2) is 3.14. The van der Waals surface area contributed by atoms with E-state index < -0.39 is 0 Å². The zero-order chi connectivity index (χ0) is 7.68. The molecule has 0 saturated heterocycles. The Hall–Kier alpha value is -0.0400. The molecule has 0 spiro atoms. The van der Waals surface area contributed by atoms with Gasteiger partial charge in [0.15, 0.2) is 0 Å². The zero-order valence-electron chi connectivity index (χ0n) is 7.47. The van der Waals surface area contributed by atoms with E-state index in [0.29, 0.717) is 0 Å². The lowest BCUT2D eigenvalue weighted by Gasteiger charge is -2.00. The van der Waals surface area contributed by atoms with Crippen LogP contribution >= 0.6 is 0 Å². The van der Waals surface area contributed by atoms with Gasteiger partial charge in [-0.15, -0.1) is 0 Å². The van der Waals surface area contributed by atoms with Gasteiger partial charge in [-0.05, 0) is 44.2 Å². The number of rotatable bonds is 2. The first-order valence-electron chi connectivity index (χ1n) is 5.08. The molecule has 0 heterocycles. The Morgan fingerprint density at radius 2 is 1.73 bits per heavy atom. The van der Waals surface area contributed by atoms with E-state index in [4.69, 9.17) is 0 Å². The van der Waals surface area contributed by atoms with Crippen LogP contribution in [0.25, 0.3) is 0 Å². The molecule has 2 saturated carbocycles. The van der Waals surface area contributed by atoms with Crippen LogP contribution in [0.4, 0.5) is 0 Å². The van der Waals surface area contributed by atoms with E-state index in [0.717, 1.165) is 17.8 Å². The summed E-state index contributed by atoms with van der Waals surface area (Å²) in [5.74, 6) is 3.29. The van der Waals surface area contributed by atoms with E-state index in [1.165, 1.54) is 38.6 Å². The van der Waals surface area contributed by atoms with Crippen LogP contribution in [0, 0.1) is 17.8 Å². The molecule has 11 heavy (non-hydrogen) atoms.